The minimum atomic E-state index is -0.358. The third-order valence-electron chi connectivity index (χ3n) is 2.37. The molecule has 4 nitrogen and oxygen atoms in total. The van der Waals surface area contributed by atoms with Crippen molar-refractivity contribution < 1.29 is 9.53 Å². The number of rotatable bonds is 5. The molecule has 0 aliphatic heterocycles. The normalized spacial score (nSPS) is 14.2. The summed E-state index contributed by atoms with van der Waals surface area (Å²) in [6.07, 6.45) is 0. The molecule has 0 bridgehead atoms. The van der Waals surface area contributed by atoms with Crippen molar-refractivity contribution in [1.29, 1.82) is 0 Å². The number of amides is 1. The van der Waals surface area contributed by atoms with Gasteiger partial charge >= 0.3 is 0 Å². The van der Waals surface area contributed by atoms with Crippen LogP contribution >= 0.6 is 0 Å². The molecule has 0 saturated carbocycles. The van der Waals surface area contributed by atoms with E-state index in [0.29, 0.717) is 5.75 Å². The average Bonchev–Trinajstić information content (AvgIpc) is 2.26. The number of carbonyl (C=O) groups is 1. The maximum absolute atomic E-state index is 10.8. The molecule has 0 fully saturated rings. The van der Waals surface area contributed by atoms with Crippen molar-refractivity contribution in [1.82, 2.24) is 0 Å². The summed E-state index contributed by atoms with van der Waals surface area (Å²) in [7, 11) is 0. The number of hydrogen-bond donors (Lipinski definition) is 2. The summed E-state index contributed by atoms with van der Waals surface area (Å²) in [5, 5.41) is 0. The molecule has 0 aliphatic carbocycles. The summed E-state index contributed by atoms with van der Waals surface area (Å²) in [6, 6.07) is 7.49. The molecule has 1 unspecified atom stereocenters. The van der Waals surface area contributed by atoms with Gasteiger partial charge in [0, 0.05) is 6.04 Å². The van der Waals surface area contributed by atoms with Crippen LogP contribution in [0.2, 0.25) is 0 Å². The Morgan fingerprint density at radius 1 is 1.44 bits per heavy atom. The van der Waals surface area contributed by atoms with Crippen LogP contribution in [0.3, 0.4) is 0 Å². The Balaban J connectivity index is 2.60. The highest BCUT2D eigenvalue weighted by molar-refractivity contribution is 5.76. The van der Waals surface area contributed by atoms with E-state index in [-0.39, 0.29) is 24.5 Å². The number of ether oxygens (including phenoxy) is 1. The van der Waals surface area contributed by atoms with Gasteiger partial charge in [-0.1, -0.05) is 19.1 Å². The standard InChI is InChI=1S/C12H18N2O2/c1-8(12(14)15)7-16-11-5-3-4-10(6-11)9(2)13/h3-6,8-9H,7,13H2,1-2H3,(H2,14,15)/t8?,9-/m1/s1. The Kier molecular flexibility index (Phi) is 4.31. The summed E-state index contributed by atoms with van der Waals surface area (Å²) >= 11 is 0. The molecule has 2 atom stereocenters. The molecule has 1 amide bonds. The fourth-order valence-electron chi connectivity index (χ4n) is 1.19. The summed E-state index contributed by atoms with van der Waals surface area (Å²) < 4.78 is 5.46. The van der Waals surface area contributed by atoms with Gasteiger partial charge < -0.3 is 16.2 Å². The lowest BCUT2D eigenvalue weighted by Gasteiger charge is -2.12. The Labute approximate surface area is 95.6 Å². The van der Waals surface area contributed by atoms with Gasteiger partial charge in [-0.05, 0) is 24.6 Å². The number of hydrogen-bond acceptors (Lipinski definition) is 3. The van der Waals surface area contributed by atoms with E-state index in [1.807, 2.05) is 31.2 Å². The second-order valence-electron chi connectivity index (χ2n) is 3.98. The SMILES string of the molecule is CC(COc1cccc([C@@H](C)N)c1)C(N)=O. The van der Waals surface area contributed by atoms with Crippen molar-refractivity contribution in [3.63, 3.8) is 0 Å². The van der Waals surface area contributed by atoms with Gasteiger partial charge in [-0.25, -0.2) is 0 Å². The predicted molar refractivity (Wildman–Crippen MR) is 62.9 cm³/mol. The Morgan fingerprint density at radius 3 is 2.69 bits per heavy atom. The first-order chi connectivity index (χ1) is 7.50. The van der Waals surface area contributed by atoms with Crippen LogP contribution in [0.15, 0.2) is 24.3 Å². The minimum absolute atomic E-state index is 0.0305. The summed E-state index contributed by atoms with van der Waals surface area (Å²) in [6.45, 7) is 3.93. The third kappa shape index (κ3) is 3.55. The highest BCUT2D eigenvalue weighted by atomic mass is 16.5. The first kappa shape index (κ1) is 12.5. The molecule has 4 N–H and O–H groups in total. The first-order valence-corrected chi connectivity index (χ1v) is 5.28. The minimum Gasteiger partial charge on any atom is -0.493 e. The lowest BCUT2D eigenvalue weighted by molar-refractivity contribution is -0.122. The molecule has 1 rings (SSSR count). The van der Waals surface area contributed by atoms with E-state index in [1.165, 1.54) is 0 Å². The van der Waals surface area contributed by atoms with E-state index in [9.17, 15) is 4.79 Å². The fourth-order valence-corrected chi connectivity index (χ4v) is 1.19. The topological polar surface area (TPSA) is 78.3 Å². The number of nitrogens with two attached hydrogens (primary N) is 2. The molecule has 88 valence electrons. The van der Waals surface area contributed by atoms with Gasteiger partial charge in [-0.3, -0.25) is 4.79 Å². The van der Waals surface area contributed by atoms with Gasteiger partial charge in [-0.2, -0.15) is 0 Å². The fraction of sp³-hybridized carbons (Fsp3) is 0.417. The molecule has 1 aromatic rings. The molecule has 1 aromatic carbocycles. The Morgan fingerprint density at radius 2 is 2.12 bits per heavy atom. The van der Waals surface area contributed by atoms with Crippen molar-refractivity contribution in [3.8, 4) is 5.75 Å². The molecule has 0 aromatic heterocycles. The second kappa shape index (κ2) is 5.51. The van der Waals surface area contributed by atoms with Crippen LogP contribution in [0.25, 0.3) is 0 Å². The number of primary amides is 1. The van der Waals surface area contributed by atoms with Gasteiger partial charge in [0.25, 0.3) is 0 Å². The highest BCUT2D eigenvalue weighted by Gasteiger charge is 2.09. The molecule has 16 heavy (non-hydrogen) atoms. The van der Waals surface area contributed by atoms with Crippen molar-refractivity contribution >= 4 is 5.91 Å². The molecular formula is C12H18N2O2. The van der Waals surface area contributed by atoms with E-state index < -0.39 is 0 Å². The van der Waals surface area contributed by atoms with E-state index in [0.717, 1.165) is 5.56 Å². The van der Waals surface area contributed by atoms with Gasteiger partial charge in [0.05, 0.1) is 12.5 Å². The first-order valence-electron chi connectivity index (χ1n) is 5.28. The predicted octanol–water partition coefficient (Wildman–Crippen LogP) is 1.21. The monoisotopic (exact) mass is 222 g/mol. The molecular weight excluding hydrogens is 204 g/mol. The quantitative estimate of drug-likeness (QED) is 0.785. The van der Waals surface area contributed by atoms with E-state index >= 15 is 0 Å². The van der Waals surface area contributed by atoms with Crippen molar-refractivity contribution in [2.24, 2.45) is 17.4 Å². The Bertz CT molecular complexity index is 364. The summed E-state index contributed by atoms with van der Waals surface area (Å²) in [4.78, 5) is 10.8. The van der Waals surface area contributed by atoms with E-state index in [2.05, 4.69) is 0 Å². The number of carbonyl (C=O) groups excluding carboxylic acids is 1. The van der Waals surface area contributed by atoms with Crippen LogP contribution < -0.4 is 16.2 Å². The van der Waals surface area contributed by atoms with Crippen molar-refractivity contribution in [2.45, 2.75) is 19.9 Å². The molecule has 4 heteroatoms. The third-order valence-corrected chi connectivity index (χ3v) is 2.37. The zero-order valence-corrected chi connectivity index (χ0v) is 9.64. The lowest BCUT2D eigenvalue weighted by atomic mass is 10.1. The maximum atomic E-state index is 10.8. The lowest BCUT2D eigenvalue weighted by Crippen LogP contribution is -2.25. The Hall–Kier alpha value is -1.55. The van der Waals surface area contributed by atoms with Gasteiger partial charge in [-0.15, -0.1) is 0 Å². The summed E-state index contributed by atoms with van der Waals surface area (Å²) in [5.74, 6) is 0.0604. The van der Waals surface area contributed by atoms with Crippen LogP contribution in [-0.2, 0) is 4.79 Å². The van der Waals surface area contributed by atoms with Gasteiger partial charge in [0.1, 0.15) is 5.75 Å². The smallest absolute Gasteiger partial charge is 0.223 e. The van der Waals surface area contributed by atoms with Crippen LogP contribution in [0, 0.1) is 5.92 Å². The summed E-state index contributed by atoms with van der Waals surface area (Å²) in [5.41, 5.74) is 11.9. The van der Waals surface area contributed by atoms with E-state index in [4.69, 9.17) is 16.2 Å². The zero-order chi connectivity index (χ0) is 12.1. The zero-order valence-electron chi connectivity index (χ0n) is 9.64. The molecule has 0 spiro atoms. The van der Waals surface area contributed by atoms with Gasteiger partial charge in [0.15, 0.2) is 0 Å². The van der Waals surface area contributed by atoms with Crippen molar-refractivity contribution in [3.05, 3.63) is 29.8 Å². The average molecular weight is 222 g/mol. The molecule has 0 radical (unpaired) electrons. The molecule has 0 heterocycles. The highest BCUT2D eigenvalue weighted by Crippen LogP contribution is 2.18. The maximum Gasteiger partial charge on any atom is 0.223 e. The van der Waals surface area contributed by atoms with Crippen LogP contribution in [0.1, 0.15) is 25.5 Å². The largest absolute Gasteiger partial charge is 0.493 e. The van der Waals surface area contributed by atoms with Crippen LogP contribution in [0.4, 0.5) is 0 Å². The second-order valence-corrected chi connectivity index (χ2v) is 3.98. The number of benzene rings is 1. The molecule has 0 saturated heterocycles. The molecule has 0 aliphatic rings. The van der Waals surface area contributed by atoms with Crippen LogP contribution in [-0.4, -0.2) is 12.5 Å². The van der Waals surface area contributed by atoms with Crippen LogP contribution in [0.5, 0.6) is 5.75 Å². The van der Waals surface area contributed by atoms with Crippen molar-refractivity contribution in [2.75, 3.05) is 6.61 Å². The van der Waals surface area contributed by atoms with E-state index in [1.54, 1.807) is 6.92 Å². The van der Waals surface area contributed by atoms with Gasteiger partial charge in [0.2, 0.25) is 5.91 Å².